The van der Waals surface area contributed by atoms with E-state index in [1.54, 1.807) is 6.92 Å². The quantitative estimate of drug-likeness (QED) is 0.625. The van der Waals surface area contributed by atoms with Gasteiger partial charge < -0.3 is 9.30 Å². The fourth-order valence-electron chi connectivity index (χ4n) is 2.00. The Bertz CT molecular complexity index is 722. The van der Waals surface area contributed by atoms with Gasteiger partial charge in [0.05, 0.1) is 17.7 Å². The summed E-state index contributed by atoms with van der Waals surface area (Å²) in [5.74, 6) is 0.713. The first-order chi connectivity index (χ1) is 9.97. The molecular weight excluding hydrogens is 272 g/mol. The van der Waals surface area contributed by atoms with Crippen LogP contribution < -0.4 is 10.3 Å². The number of nitrogens with zero attached hydrogens (tertiary/aromatic N) is 2. The number of hydrogen-bond acceptors (Lipinski definition) is 4. The van der Waals surface area contributed by atoms with E-state index in [2.05, 4.69) is 0 Å². The summed E-state index contributed by atoms with van der Waals surface area (Å²) in [6.45, 7) is 4.05. The van der Waals surface area contributed by atoms with Gasteiger partial charge in [-0.2, -0.15) is 0 Å². The minimum Gasteiger partial charge on any atom is -0.492 e. The van der Waals surface area contributed by atoms with Gasteiger partial charge in [-0.25, -0.2) is 0 Å². The van der Waals surface area contributed by atoms with Crippen LogP contribution in [0.3, 0.4) is 0 Å². The number of benzene rings is 1. The van der Waals surface area contributed by atoms with E-state index in [1.807, 2.05) is 31.2 Å². The van der Waals surface area contributed by atoms with E-state index in [0.29, 0.717) is 11.3 Å². The molecule has 0 saturated carbocycles. The molecule has 1 heterocycles. The van der Waals surface area contributed by atoms with E-state index in [-0.39, 0.29) is 24.4 Å². The Labute approximate surface area is 121 Å². The molecule has 0 atom stereocenters. The molecule has 0 bridgehead atoms. The lowest BCUT2D eigenvalue weighted by molar-refractivity contribution is -0.385. The third-order valence-electron chi connectivity index (χ3n) is 3.05. The van der Waals surface area contributed by atoms with Gasteiger partial charge in [-0.3, -0.25) is 14.9 Å². The summed E-state index contributed by atoms with van der Waals surface area (Å²) >= 11 is 0. The molecule has 2 rings (SSSR count). The van der Waals surface area contributed by atoms with Crippen molar-refractivity contribution in [3.63, 3.8) is 0 Å². The highest BCUT2D eigenvalue weighted by molar-refractivity contribution is 5.30. The van der Waals surface area contributed by atoms with E-state index >= 15 is 0 Å². The average molecular weight is 288 g/mol. The molecule has 0 aliphatic rings. The standard InChI is InChI=1S/C15H16N2O4/c1-11-4-3-5-14(8-11)21-7-6-16-10-13(17(19)20)9-12(2)15(16)18/h3-5,8-10H,6-7H2,1-2H3. The van der Waals surface area contributed by atoms with Gasteiger partial charge in [0.2, 0.25) is 0 Å². The molecule has 2 aromatic rings. The number of aryl methyl sites for hydroxylation is 2. The number of hydrogen-bond donors (Lipinski definition) is 0. The predicted octanol–water partition coefficient (Wildman–Crippen LogP) is 2.45. The fraction of sp³-hybridized carbons (Fsp3) is 0.267. The van der Waals surface area contributed by atoms with Crippen LogP contribution in [-0.2, 0) is 6.54 Å². The third-order valence-corrected chi connectivity index (χ3v) is 3.05. The van der Waals surface area contributed by atoms with E-state index in [1.165, 1.54) is 16.8 Å². The number of pyridine rings is 1. The van der Waals surface area contributed by atoms with Crippen LogP contribution in [0.25, 0.3) is 0 Å². The molecule has 1 aromatic carbocycles. The van der Waals surface area contributed by atoms with Crippen molar-refractivity contribution < 1.29 is 9.66 Å². The minimum absolute atomic E-state index is 0.0948. The molecule has 6 nitrogen and oxygen atoms in total. The highest BCUT2D eigenvalue weighted by Gasteiger charge is 2.11. The maximum absolute atomic E-state index is 11.9. The lowest BCUT2D eigenvalue weighted by Crippen LogP contribution is -2.24. The van der Waals surface area contributed by atoms with Crippen LogP contribution in [0.5, 0.6) is 5.75 Å². The molecule has 0 aliphatic carbocycles. The molecule has 110 valence electrons. The zero-order chi connectivity index (χ0) is 15.4. The molecule has 6 heteroatoms. The van der Waals surface area contributed by atoms with Crippen molar-refractivity contribution in [2.75, 3.05) is 6.61 Å². The van der Waals surface area contributed by atoms with Gasteiger partial charge in [-0.05, 0) is 31.5 Å². The van der Waals surface area contributed by atoms with Crippen molar-refractivity contribution in [2.24, 2.45) is 0 Å². The summed E-state index contributed by atoms with van der Waals surface area (Å²) < 4.78 is 6.87. The number of nitro groups is 1. The smallest absolute Gasteiger partial charge is 0.286 e. The summed E-state index contributed by atoms with van der Waals surface area (Å²) in [6, 6.07) is 8.84. The molecule has 0 fully saturated rings. The summed E-state index contributed by atoms with van der Waals surface area (Å²) in [7, 11) is 0. The topological polar surface area (TPSA) is 74.4 Å². The van der Waals surface area contributed by atoms with Crippen LogP contribution in [0.1, 0.15) is 11.1 Å². The minimum atomic E-state index is -0.510. The van der Waals surface area contributed by atoms with Gasteiger partial charge >= 0.3 is 0 Å². The maximum Gasteiger partial charge on any atom is 0.286 e. The molecule has 0 aliphatic heterocycles. The Balaban J connectivity index is 2.09. The monoisotopic (exact) mass is 288 g/mol. The van der Waals surface area contributed by atoms with E-state index < -0.39 is 4.92 Å². The van der Waals surface area contributed by atoms with Gasteiger partial charge in [0.1, 0.15) is 12.4 Å². The zero-order valence-corrected chi connectivity index (χ0v) is 11.9. The van der Waals surface area contributed by atoms with Crippen molar-refractivity contribution in [3.8, 4) is 5.75 Å². The maximum atomic E-state index is 11.9. The molecule has 0 spiro atoms. The zero-order valence-electron chi connectivity index (χ0n) is 11.9. The largest absolute Gasteiger partial charge is 0.492 e. The lowest BCUT2D eigenvalue weighted by Gasteiger charge is -2.09. The van der Waals surface area contributed by atoms with Crippen molar-refractivity contribution >= 4 is 5.69 Å². The Morgan fingerprint density at radius 1 is 1.29 bits per heavy atom. The SMILES string of the molecule is Cc1cccc(OCCn2cc([N+](=O)[O-])cc(C)c2=O)c1. The van der Waals surface area contributed by atoms with Gasteiger partial charge in [-0.15, -0.1) is 0 Å². The van der Waals surface area contributed by atoms with Gasteiger partial charge in [-0.1, -0.05) is 12.1 Å². The van der Waals surface area contributed by atoms with Gasteiger partial charge in [0.25, 0.3) is 11.2 Å². The van der Waals surface area contributed by atoms with Crippen molar-refractivity contribution in [2.45, 2.75) is 20.4 Å². The number of aromatic nitrogens is 1. The van der Waals surface area contributed by atoms with E-state index in [4.69, 9.17) is 4.74 Å². The molecular formula is C15H16N2O4. The fourth-order valence-corrected chi connectivity index (χ4v) is 2.00. The van der Waals surface area contributed by atoms with Gasteiger partial charge in [0, 0.05) is 11.6 Å². The Morgan fingerprint density at radius 3 is 2.71 bits per heavy atom. The molecule has 0 amide bonds. The van der Waals surface area contributed by atoms with Crippen LogP contribution in [0.4, 0.5) is 5.69 Å². The normalized spacial score (nSPS) is 10.4. The summed E-state index contributed by atoms with van der Waals surface area (Å²) in [5.41, 5.74) is 1.09. The number of rotatable bonds is 5. The first kappa shape index (κ1) is 14.8. The van der Waals surface area contributed by atoms with Crippen LogP contribution >= 0.6 is 0 Å². The predicted molar refractivity (Wildman–Crippen MR) is 78.8 cm³/mol. The molecule has 0 saturated heterocycles. The highest BCUT2D eigenvalue weighted by Crippen LogP contribution is 2.13. The molecule has 0 N–H and O–H groups in total. The summed E-state index contributed by atoms with van der Waals surface area (Å²) in [4.78, 5) is 22.2. The van der Waals surface area contributed by atoms with Gasteiger partial charge in [0.15, 0.2) is 0 Å². The summed E-state index contributed by atoms with van der Waals surface area (Å²) in [5, 5.41) is 10.8. The van der Waals surface area contributed by atoms with Crippen LogP contribution in [0.2, 0.25) is 0 Å². The Hall–Kier alpha value is -2.63. The third kappa shape index (κ3) is 3.68. The van der Waals surface area contributed by atoms with E-state index in [9.17, 15) is 14.9 Å². The molecule has 21 heavy (non-hydrogen) atoms. The molecule has 0 radical (unpaired) electrons. The summed E-state index contributed by atoms with van der Waals surface area (Å²) in [6.07, 6.45) is 1.24. The van der Waals surface area contributed by atoms with E-state index in [0.717, 1.165) is 5.56 Å². The van der Waals surface area contributed by atoms with Crippen LogP contribution in [-0.4, -0.2) is 16.1 Å². The van der Waals surface area contributed by atoms with Crippen molar-refractivity contribution in [3.05, 3.63) is 68.1 Å². The number of ether oxygens (including phenoxy) is 1. The second kappa shape index (κ2) is 6.21. The van der Waals surface area contributed by atoms with Crippen LogP contribution in [0.15, 0.2) is 41.3 Å². The van der Waals surface area contributed by atoms with Crippen LogP contribution in [0, 0.1) is 24.0 Å². The lowest BCUT2D eigenvalue weighted by atomic mass is 10.2. The second-order valence-electron chi connectivity index (χ2n) is 4.80. The Morgan fingerprint density at radius 2 is 2.05 bits per heavy atom. The first-order valence-corrected chi connectivity index (χ1v) is 6.52. The molecule has 1 aromatic heterocycles. The van der Waals surface area contributed by atoms with Crippen molar-refractivity contribution in [1.82, 2.24) is 4.57 Å². The molecule has 0 unspecified atom stereocenters. The first-order valence-electron chi connectivity index (χ1n) is 6.52. The second-order valence-corrected chi connectivity index (χ2v) is 4.80. The highest BCUT2D eigenvalue weighted by atomic mass is 16.6. The average Bonchev–Trinajstić information content (AvgIpc) is 2.43. The Kier molecular flexibility index (Phi) is 4.37. The van der Waals surface area contributed by atoms with Crippen molar-refractivity contribution in [1.29, 1.82) is 0 Å².